The first-order chi connectivity index (χ1) is 13.2. The Bertz CT molecular complexity index is 1100. The zero-order valence-corrected chi connectivity index (χ0v) is 16.9. The number of sulfone groups is 1. The van der Waals surface area contributed by atoms with E-state index < -0.39 is 9.84 Å². The van der Waals surface area contributed by atoms with E-state index in [1.807, 2.05) is 19.9 Å². The molecule has 0 aromatic heterocycles. The molecule has 0 saturated carbocycles. The van der Waals surface area contributed by atoms with Crippen molar-refractivity contribution in [3.05, 3.63) is 70.5 Å². The molecule has 6 heteroatoms. The van der Waals surface area contributed by atoms with Gasteiger partial charge in [0.05, 0.1) is 11.3 Å². The lowest BCUT2D eigenvalue weighted by Gasteiger charge is -2.06. The van der Waals surface area contributed by atoms with Gasteiger partial charge in [-0.25, -0.2) is 12.8 Å². The summed E-state index contributed by atoms with van der Waals surface area (Å²) in [6.45, 7) is 4.31. The molecule has 0 atom stereocenters. The van der Waals surface area contributed by atoms with Gasteiger partial charge in [-0.05, 0) is 77.6 Å². The molecule has 2 aromatic rings. The highest BCUT2D eigenvalue weighted by Crippen LogP contribution is 2.43. The molecule has 0 bridgehead atoms. The maximum atomic E-state index is 13.9. The van der Waals surface area contributed by atoms with E-state index >= 15 is 0 Å². The predicted octanol–water partition coefficient (Wildman–Crippen LogP) is 4.08. The summed E-state index contributed by atoms with van der Waals surface area (Å²) in [6.07, 6.45) is 3.28. The van der Waals surface area contributed by atoms with Crippen LogP contribution in [0.25, 0.3) is 17.2 Å². The van der Waals surface area contributed by atoms with E-state index in [0.717, 1.165) is 33.4 Å². The first kappa shape index (κ1) is 20.0. The molecule has 1 N–H and O–H groups in total. The number of carbonyl (C=O) groups is 1. The molecule has 2 aromatic carbocycles. The van der Waals surface area contributed by atoms with Gasteiger partial charge < -0.3 is 5.32 Å². The molecule has 0 spiro atoms. The molecule has 1 amide bonds. The minimum Gasteiger partial charge on any atom is -0.356 e. The van der Waals surface area contributed by atoms with Crippen molar-refractivity contribution in [3.8, 4) is 0 Å². The quantitative estimate of drug-likeness (QED) is 0.824. The number of carbonyl (C=O) groups excluding carboxylic acids is 1. The average molecular weight is 399 g/mol. The minimum absolute atomic E-state index is 0.106. The lowest BCUT2D eigenvalue weighted by Crippen LogP contribution is -2.22. The van der Waals surface area contributed by atoms with Crippen LogP contribution in [0.15, 0.2) is 52.9 Å². The van der Waals surface area contributed by atoms with Crippen LogP contribution in [-0.2, 0) is 14.6 Å². The van der Waals surface area contributed by atoms with Crippen LogP contribution in [0.4, 0.5) is 4.39 Å². The summed E-state index contributed by atoms with van der Waals surface area (Å²) in [5.74, 6) is -0.454. The van der Waals surface area contributed by atoms with E-state index in [9.17, 15) is 17.6 Å². The van der Waals surface area contributed by atoms with Crippen LogP contribution in [-0.4, -0.2) is 27.1 Å². The second-order valence-electron chi connectivity index (χ2n) is 6.82. The molecule has 1 aliphatic rings. The van der Waals surface area contributed by atoms with Crippen LogP contribution in [0.3, 0.4) is 0 Å². The number of halogens is 1. The van der Waals surface area contributed by atoms with E-state index in [0.29, 0.717) is 6.54 Å². The Labute approximate surface area is 164 Å². The third-order valence-electron chi connectivity index (χ3n) is 4.78. The number of rotatable bonds is 5. The molecule has 4 nitrogen and oxygen atoms in total. The SMILES string of the molecule is CCNC(=O)CC1=C(C)/C(=C/c2ccc(S(C)(=O)=O)cc2)c2ccc(F)cc21. The Balaban J connectivity index is 2.06. The van der Waals surface area contributed by atoms with Crippen LogP contribution in [0.5, 0.6) is 0 Å². The highest BCUT2D eigenvalue weighted by molar-refractivity contribution is 7.90. The number of allylic oxidation sites excluding steroid dienone is 2. The molecular weight excluding hydrogens is 377 g/mol. The van der Waals surface area contributed by atoms with Crippen LogP contribution < -0.4 is 5.32 Å². The van der Waals surface area contributed by atoms with Crippen molar-refractivity contribution in [2.24, 2.45) is 0 Å². The maximum absolute atomic E-state index is 13.9. The standard InChI is InChI=1S/C22H22FNO3S/c1-4-24-22(25)13-20-14(2)19(18-10-7-16(23)12-21(18)20)11-15-5-8-17(9-6-15)28(3,26)27/h5-12H,4,13H2,1-3H3,(H,24,25)/b19-11-. The molecule has 0 aliphatic heterocycles. The van der Waals surface area contributed by atoms with Crippen molar-refractivity contribution in [3.63, 3.8) is 0 Å². The van der Waals surface area contributed by atoms with Gasteiger partial charge in [-0.1, -0.05) is 18.2 Å². The molecule has 28 heavy (non-hydrogen) atoms. The molecular formula is C22H22FNO3S. The molecule has 3 rings (SSSR count). The molecule has 0 unspecified atom stereocenters. The maximum Gasteiger partial charge on any atom is 0.224 e. The van der Waals surface area contributed by atoms with Crippen LogP contribution >= 0.6 is 0 Å². The largest absolute Gasteiger partial charge is 0.356 e. The molecule has 0 heterocycles. The number of fused-ring (bicyclic) bond motifs is 1. The lowest BCUT2D eigenvalue weighted by atomic mass is 10.0. The van der Waals surface area contributed by atoms with Crippen molar-refractivity contribution in [1.29, 1.82) is 0 Å². The van der Waals surface area contributed by atoms with Crippen LogP contribution in [0.1, 0.15) is 37.0 Å². The number of nitrogens with one attached hydrogen (secondary N) is 1. The average Bonchev–Trinajstić information content (AvgIpc) is 2.87. The van der Waals surface area contributed by atoms with Crippen molar-refractivity contribution in [1.82, 2.24) is 5.32 Å². The number of amides is 1. The Hall–Kier alpha value is -2.73. The first-order valence-corrected chi connectivity index (χ1v) is 10.9. The van der Waals surface area contributed by atoms with Gasteiger partial charge in [-0.2, -0.15) is 0 Å². The fourth-order valence-electron chi connectivity index (χ4n) is 3.38. The summed E-state index contributed by atoms with van der Waals surface area (Å²) in [6, 6.07) is 11.2. The van der Waals surface area contributed by atoms with Gasteiger partial charge in [0.1, 0.15) is 5.82 Å². The summed E-state index contributed by atoms with van der Waals surface area (Å²) in [4.78, 5) is 12.4. The normalized spacial score (nSPS) is 15.1. The zero-order valence-electron chi connectivity index (χ0n) is 16.0. The molecule has 0 radical (unpaired) electrons. The highest BCUT2D eigenvalue weighted by atomic mass is 32.2. The second kappa shape index (κ2) is 7.72. The zero-order chi connectivity index (χ0) is 20.5. The lowest BCUT2D eigenvalue weighted by molar-refractivity contribution is -0.119. The van der Waals surface area contributed by atoms with E-state index in [1.165, 1.54) is 18.4 Å². The van der Waals surface area contributed by atoms with E-state index in [4.69, 9.17) is 0 Å². The second-order valence-corrected chi connectivity index (χ2v) is 8.84. The fraction of sp³-hybridized carbons (Fsp3) is 0.227. The summed E-state index contributed by atoms with van der Waals surface area (Å²) in [5, 5.41) is 2.78. The van der Waals surface area contributed by atoms with Gasteiger partial charge in [0.15, 0.2) is 9.84 Å². The predicted molar refractivity (Wildman–Crippen MR) is 110 cm³/mol. The third-order valence-corrected chi connectivity index (χ3v) is 5.91. The third kappa shape index (κ3) is 4.07. The molecule has 0 saturated heterocycles. The Morgan fingerprint density at radius 2 is 1.79 bits per heavy atom. The number of hydrogen-bond acceptors (Lipinski definition) is 3. The van der Waals surface area contributed by atoms with Crippen molar-refractivity contribution in [2.75, 3.05) is 12.8 Å². The van der Waals surface area contributed by atoms with E-state index in [2.05, 4.69) is 5.32 Å². The molecule has 0 fully saturated rings. The van der Waals surface area contributed by atoms with Crippen molar-refractivity contribution in [2.45, 2.75) is 25.2 Å². The van der Waals surface area contributed by atoms with Gasteiger partial charge >= 0.3 is 0 Å². The summed E-state index contributed by atoms with van der Waals surface area (Å²) in [5.41, 5.74) is 5.05. The van der Waals surface area contributed by atoms with Crippen molar-refractivity contribution >= 4 is 33.0 Å². The van der Waals surface area contributed by atoms with Gasteiger partial charge in [0, 0.05) is 12.8 Å². The number of hydrogen-bond donors (Lipinski definition) is 1. The van der Waals surface area contributed by atoms with Gasteiger partial charge in [0.25, 0.3) is 0 Å². The Morgan fingerprint density at radius 1 is 1.11 bits per heavy atom. The van der Waals surface area contributed by atoms with E-state index in [-0.39, 0.29) is 23.0 Å². The van der Waals surface area contributed by atoms with E-state index in [1.54, 1.807) is 30.3 Å². The highest BCUT2D eigenvalue weighted by Gasteiger charge is 2.25. The summed E-state index contributed by atoms with van der Waals surface area (Å²) >= 11 is 0. The van der Waals surface area contributed by atoms with Gasteiger partial charge in [0.2, 0.25) is 5.91 Å². The molecule has 1 aliphatic carbocycles. The smallest absolute Gasteiger partial charge is 0.224 e. The van der Waals surface area contributed by atoms with Crippen LogP contribution in [0.2, 0.25) is 0 Å². The summed E-state index contributed by atoms with van der Waals surface area (Å²) in [7, 11) is -3.25. The summed E-state index contributed by atoms with van der Waals surface area (Å²) < 4.78 is 37.1. The van der Waals surface area contributed by atoms with Gasteiger partial charge in [-0.3, -0.25) is 4.79 Å². The fourth-order valence-corrected chi connectivity index (χ4v) is 4.01. The number of benzene rings is 2. The Morgan fingerprint density at radius 3 is 2.39 bits per heavy atom. The Kier molecular flexibility index (Phi) is 5.52. The topological polar surface area (TPSA) is 63.2 Å². The van der Waals surface area contributed by atoms with Gasteiger partial charge in [-0.15, -0.1) is 0 Å². The molecule has 146 valence electrons. The monoisotopic (exact) mass is 399 g/mol. The first-order valence-electron chi connectivity index (χ1n) is 8.99. The van der Waals surface area contributed by atoms with Crippen molar-refractivity contribution < 1.29 is 17.6 Å². The minimum atomic E-state index is -3.25. The van der Waals surface area contributed by atoms with Crippen LogP contribution in [0, 0.1) is 5.82 Å².